The first-order chi connectivity index (χ1) is 4.31. The third-order valence-electron chi connectivity index (χ3n) is 1.70. The molecule has 0 heterocycles. The van der Waals surface area contributed by atoms with Crippen molar-refractivity contribution in [3.63, 3.8) is 0 Å². The molecule has 1 atom stereocenters. The molecule has 0 aromatic carbocycles. The van der Waals surface area contributed by atoms with Crippen molar-refractivity contribution >= 4 is 0 Å². The maximum absolute atomic E-state index is 5.45. The molecule has 2 N–H and O–H groups in total. The van der Waals surface area contributed by atoms with Crippen LogP contribution in [0.25, 0.3) is 0 Å². The fourth-order valence-electron chi connectivity index (χ4n) is 0.861. The zero-order valence-corrected chi connectivity index (χ0v) is 6.69. The van der Waals surface area contributed by atoms with Crippen LogP contribution in [-0.2, 0) is 0 Å². The Bertz CT molecular complexity index is 52.5. The highest BCUT2D eigenvalue weighted by Crippen LogP contribution is 2.06. The van der Waals surface area contributed by atoms with Gasteiger partial charge in [0.2, 0.25) is 0 Å². The Hall–Kier alpha value is -0.0400. The van der Waals surface area contributed by atoms with Gasteiger partial charge in [-0.15, -0.1) is 0 Å². The molecule has 0 bridgehead atoms. The van der Waals surface area contributed by atoms with E-state index in [2.05, 4.69) is 13.8 Å². The highest BCUT2D eigenvalue weighted by molar-refractivity contribution is 4.52. The molecule has 0 spiro atoms. The van der Waals surface area contributed by atoms with Gasteiger partial charge in [-0.2, -0.15) is 0 Å². The second-order valence-corrected chi connectivity index (χ2v) is 2.84. The first-order valence-corrected chi connectivity index (χ1v) is 4.01. The number of hydrogen-bond acceptors (Lipinski definition) is 1. The van der Waals surface area contributed by atoms with Crippen LogP contribution < -0.4 is 5.73 Å². The van der Waals surface area contributed by atoms with Crippen molar-refractivity contribution in [2.45, 2.75) is 39.5 Å². The van der Waals surface area contributed by atoms with Crippen LogP contribution in [0.5, 0.6) is 0 Å². The van der Waals surface area contributed by atoms with Crippen LogP contribution in [0.3, 0.4) is 0 Å². The molecule has 56 valence electrons. The minimum atomic E-state index is 0.733. The SMILES string of the molecule is CCCCCC(C)CN. The Labute approximate surface area is 58.6 Å². The molecule has 9 heavy (non-hydrogen) atoms. The lowest BCUT2D eigenvalue weighted by molar-refractivity contribution is 0.505. The topological polar surface area (TPSA) is 26.0 Å². The van der Waals surface area contributed by atoms with E-state index >= 15 is 0 Å². The van der Waals surface area contributed by atoms with Crippen molar-refractivity contribution in [3.8, 4) is 0 Å². The highest BCUT2D eigenvalue weighted by atomic mass is 14.5. The van der Waals surface area contributed by atoms with Gasteiger partial charge in [0.15, 0.2) is 0 Å². The smallest absolute Gasteiger partial charge is 0.00515 e. The van der Waals surface area contributed by atoms with Crippen molar-refractivity contribution in [2.75, 3.05) is 6.54 Å². The maximum Gasteiger partial charge on any atom is -0.00515 e. The molecule has 0 saturated carbocycles. The molecule has 1 heteroatoms. The Balaban J connectivity index is 2.88. The van der Waals surface area contributed by atoms with Gasteiger partial charge in [-0.25, -0.2) is 0 Å². The van der Waals surface area contributed by atoms with Gasteiger partial charge in [0.1, 0.15) is 0 Å². The maximum atomic E-state index is 5.45. The normalized spacial score (nSPS) is 13.7. The number of unbranched alkanes of at least 4 members (excludes halogenated alkanes) is 2. The van der Waals surface area contributed by atoms with E-state index in [4.69, 9.17) is 5.73 Å². The molecule has 0 fully saturated rings. The summed E-state index contributed by atoms with van der Waals surface area (Å²) < 4.78 is 0. The summed E-state index contributed by atoms with van der Waals surface area (Å²) in [6.07, 6.45) is 5.35. The monoisotopic (exact) mass is 129 g/mol. The average molecular weight is 129 g/mol. The Morgan fingerprint density at radius 1 is 1.33 bits per heavy atom. The van der Waals surface area contributed by atoms with Gasteiger partial charge < -0.3 is 5.73 Å². The van der Waals surface area contributed by atoms with E-state index in [1.807, 2.05) is 0 Å². The number of nitrogens with two attached hydrogens (primary N) is 1. The van der Waals surface area contributed by atoms with Crippen LogP contribution in [0.4, 0.5) is 0 Å². The molecule has 0 aliphatic heterocycles. The summed E-state index contributed by atoms with van der Waals surface area (Å²) in [5.41, 5.74) is 5.45. The van der Waals surface area contributed by atoms with Gasteiger partial charge in [-0.1, -0.05) is 33.1 Å². The molecular formula is C8H19N. The van der Waals surface area contributed by atoms with Crippen molar-refractivity contribution in [1.29, 1.82) is 0 Å². The largest absolute Gasteiger partial charge is 0.330 e. The third kappa shape index (κ3) is 5.84. The highest BCUT2D eigenvalue weighted by Gasteiger charge is 1.96. The molecule has 0 aliphatic carbocycles. The summed E-state index contributed by atoms with van der Waals surface area (Å²) in [7, 11) is 0. The predicted octanol–water partition coefficient (Wildman–Crippen LogP) is 2.16. The molecule has 0 amide bonds. The molecule has 0 saturated heterocycles. The average Bonchev–Trinajstić information content (AvgIpc) is 1.89. The van der Waals surface area contributed by atoms with Gasteiger partial charge in [-0.05, 0) is 18.9 Å². The molecule has 1 nitrogen and oxygen atoms in total. The third-order valence-corrected chi connectivity index (χ3v) is 1.70. The van der Waals surface area contributed by atoms with Crippen LogP contribution in [0.2, 0.25) is 0 Å². The summed E-state index contributed by atoms with van der Waals surface area (Å²) in [6.45, 7) is 5.30. The van der Waals surface area contributed by atoms with Crippen LogP contribution in [-0.4, -0.2) is 6.54 Å². The van der Waals surface area contributed by atoms with E-state index in [-0.39, 0.29) is 0 Å². The summed E-state index contributed by atoms with van der Waals surface area (Å²) in [4.78, 5) is 0. The fraction of sp³-hybridized carbons (Fsp3) is 1.00. The second kappa shape index (κ2) is 6.09. The summed E-state index contributed by atoms with van der Waals surface area (Å²) >= 11 is 0. The van der Waals surface area contributed by atoms with Crippen LogP contribution in [0, 0.1) is 5.92 Å². The first-order valence-electron chi connectivity index (χ1n) is 4.01. The summed E-state index contributed by atoms with van der Waals surface area (Å²) in [5.74, 6) is 0.733. The Morgan fingerprint density at radius 2 is 2.00 bits per heavy atom. The van der Waals surface area contributed by atoms with Crippen molar-refractivity contribution in [1.82, 2.24) is 0 Å². The van der Waals surface area contributed by atoms with E-state index < -0.39 is 0 Å². The molecule has 0 aromatic rings. The fourth-order valence-corrected chi connectivity index (χ4v) is 0.861. The quantitative estimate of drug-likeness (QED) is 0.566. The minimum Gasteiger partial charge on any atom is -0.330 e. The summed E-state index contributed by atoms with van der Waals surface area (Å²) in [6, 6.07) is 0. The van der Waals surface area contributed by atoms with Crippen molar-refractivity contribution < 1.29 is 0 Å². The Morgan fingerprint density at radius 3 is 2.44 bits per heavy atom. The minimum absolute atomic E-state index is 0.733. The lowest BCUT2D eigenvalue weighted by atomic mass is 10.0. The van der Waals surface area contributed by atoms with Crippen LogP contribution >= 0.6 is 0 Å². The van der Waals surface area contributed by atoms with Crippen LogP contribution in [0.1, 0.15) is 39.5 Å². The molecular weight excluding hydrogens is 110 g/mol. The van der Waals surface area contributed by atoms with Gasteiger partial charge in [0.05, 0.1) is 0 Å². The zero-order chi connectivity index (χ0) is 7.11. The summed E-state index contributed by atoms with van der Waals surface area (Å²) in [5, 5.41) is 0. The van der Waals surface area contributed by atoms with E-state index in [1.165, 1.54) is 25.7 Å². The van der Waals surface area contributed by atoms with Gasteiger partial charge >= 0.3 is 0 Å². The lowest BCUT2D eigenvalue weighted by Gasteiger charge is -2.05. The van der Waals surface area contributed by atoms with Crippen LogP contribution in [0.15, 0.2) is 0 Å². The first kappa shape index (κ1) is 8.96. The standard InChI is InChI=1S/C8H19N/c1-3-4-5-6-8(2)7-9/h8H,3-7,9H2,1-2H3. The van der Waals surface area contributed by atoms with E-state index in [0.29, 0.717) is 0 Å². The molecule has 0 aromatic heterocycles. The van der Waals surface area contributed by atoms with Crippen molar-refractivity contribution in [3.05, 3.63) is 0 Å². The van der Waals surface area contributed by atoms with Gasteiger partial charge in [-0.3, -0.25) is 0 Å². The van der Waals surface area contributed by atoms with Gasteiger partial charge in [0.25, 0.3) is 0 Å². The zero-order valence-electron chi connectivity index (χ0n) is 6.69. The van der Waals surface area contributed by atoms with E-state index in [9.17, 15) is 0 Å². The number of rotatable bonds is 5. The predicted molar refractivity (Wildman–Crippen MR) is 42.4 cm³/mol. The van der Waals surface area contributed by atoms with Gasteiger partial charge in [0, 0.05) is 0 Å². The lowest BCUT2D eigenvalue weighted by Crippen LogP contribution is -2.10. The molecule has 1 unspecified atom stereocenters. The molecule has 0 radical (unpaired) electrons. The molecule has 0 rings (SSSR count). The van der Waals surface area contributed by atoms with E-state index in [1.54, 1.807) is 0 Å². The van der Waals surface area contributed by atoms with E-state index in [0.717, 1.165) is 12.5 Å². The Kier molecular flexibility index (Phi) is 6.06. The second-order valence-electron chi connectivity index (χ2n) is 2.84. The van der Waals surface area contributed by atoms with Crippen molar-refractivity contribution in [2.24, 2.45) is 11.7 Å². The number of hydrogen-bond donors (Lipinski definition) is 1. The molecule has 0 aliphatic rings.